The van der Waals surface area contributed by atoms with E-state index < -0.39 is 0 Å². The number of nitrogens with one attached hydrogen (secondary N) is 1. The molecule has 1 aromatic rings. The number of ether oxygens (including phenoxy) is 1. The Morgan fingerprint density at radius 1 is 1.13 bits per heavy atom. The highest BCUT2D eigenvalue weighted by molar-refractivity contribution is 7.17. The molecule has 0 unspecified atom stereocenters. The number of esters is 1. The summed E-state index contributed by atoms with van der Waals surface area (Å²) in [5.41, 5.74) is 1.65. The Hall–Kier alpha value is -1.40. The van der Waals surface area contributed by atoms with Gasteiger partial charge in [-0.3, -0.25) is 9.69 Å². The molecule has 126 valence electrons. The van der Waals surface area contributed by atoms with Crippen molar-refractivity contribution in [3.8, 4) is 0 Å². The first-order valence-corrected chi connectivity index (χ1v) is 9.25. The minimum Gasteiger partial charge on any atom is -0.465 e. The van der Waals surface area contributed by atoms with Crippen LogP contribution < -0.4 is 5.32 Å². The van der Waals surface area contributed by atoms with Gasteiger partial charge in [0.2, 0.25) is 5.91 Å². The van der Waals surface area contributed by atoms with E-state index in [1.807, 2.05) is 0 Å². The number of hydrogen-bond acceptors (Lipinski definition) is 5. The number of nitrogens with zero attached hydrogens (tertiary/aromatic N) is 1. The van der Waals surface area contributed by atoms with Crippen molar-refractivity contribution < 1.29 is 14.3 Å². The van der Waals surface area contributed by atoms with Crippen molar-refractivity contribution in [3.05, 3.63) is 16.0 Å². The van der Waals surface area contributed by atoms with Crippen molar-refractivity contribution in [2.45, 2.75) is 44.9 Å². The number of fused-ring (bicyclic) bond motifs is 1. The van der Waals surface area contributed by atoms with Crippen LogP contribution in [0.15, 0.2) is 0 Å². The van der Waals surface area contributed by atoms with E-state index in [-0.39, 0.29) is 11.9 Å². The van der Waals surface area contributed by atoms with E-state index >= 15 is 0 Å². The Balaban J connectivity index is 1.69. The zero-order chi connectivity index (χ0) is 16.2. The lowest BCUT2D eigenvalue weighted by molar-refractivity contribution is -0.117. The van der Waals surface area contributed by atoms with Gasteiger partial charge < -0.3 is 10.1 Å². The van der Waals surface area contributed by atoms with E-state index in [0.717, 1.165) is 50.8 Å². The van der Waals surface area contributed by atoms with Crippen LogP contribution in [0.25, 0.3) is 0 Å². The van der Waals surface area contributed by atoms with Crippen molar-refractivity contribution in [2.75, 3.05) is 32.1 Å². The first-order chi connectivity index (χ1) is 11.2. The summed E-state index contributed by atoms with van der Waals surface area (Å²) in [5.74, 6) is -0.369. The third kappa shape index (κ3) is 3.75. The summed E-state index contributed by atoms with van der Waals surface area (Å²) >= 11 is 1.54. The minimum absolute atomic E-state index is 0.0306. The van der Waals surface area contributed by atoms with Gasteiger partial charge in [-0.25, -0.2) is 4.79 Å². The maximum absolute atomic E-state index is 12.4. The van der Waals surface area contributed by atoms with Gasteiger partial charge in [-0.2, -0.15) is 0 Å². The molecule has 0 aromatic carbocycles. The van der Waals surface area contributed by atoms with Crippen LogP contribution in [0.5, 0.6) is 0 Å². The number of aryl methyl sites for hydroxylation is 1. The normalized spacial score (nSPS) is 18.3. The number of rotatable bonds is 4. The SMILES string of the molecule is COC(=O)c1c(NC(=O)CN2CCCCCC2)sc2c1CCC2. The topological polar surface area (TPSA) is 58.6 Å². The van der Waals surface area contributed by atoms with Crippen molar-refractivity contribution in [3.63, 3.8) is 0 Å². The molecule has 2 aliphatic rings. The maximum atomic E-state index is 12.4. The lowest BCUT2D eigenvalue weighted by atomic mass is 10.1. The average Bonchev–Trinajstić information content (AvgIpc) is 2.99. The summed E-state index contributed by atoms with van der Waals surface area (Å²) in [5, 5.41) is 3.63. The highest BCUT2D eigenvalue weighted by atomic mass is 32.1. The number of hydrogen-bond donors (Lipinski definition) is 1. The summed E-state index contributed by atoms with van der Waals surface area (Å²) in [6, 6.07) is 0. The molecule has 1 amide bonds. The monoisotopic (exact) mass is 336 g/mol. The number of carbonyl (C=O) groups excluding carboxylic acids is 2. The zero-order valence-electron chi connectivity index (χ0n) is 13.7. The quantitative estimate of drug-likeness (QED) is 0.859. The Bertz CT molecular complexity index is 589. The maximum Gasteiger partial charge on any atom is 0.341 e. The van der Waals surface area contributed by atoms with E-state index in [1.165, 1.54) is 36.2 Å². The molecule has 23 heavy (non-hydrogen) atoms. The highest BCUT2D eigenvalue weighted by Crippen LogP contribution is 2.39. The predicted molar refractivity (Wildman–Crippen MR) is 91.2 cm³/mol. The van der Waals surface area contributed by atoms with E-state index in [0.29, 0.717) is 17.1 Å². The zero-order valence-corrected chi connectivity index (χ0v) is 14.5. The molecule has 0 saturated carbocycles. The van der Waals surface area contributed by atoms with Crippen LogP contribution in [0.1, 0.15) is 52.9 Å². The Kier molecular flexibility index (Phi) is 5.33. The summed E-state index contributed by atoms with van der Waals surface area (Å²) in [6.07, 6.45) is 7.80. The van der Waals surface area contributed by atoms with Gasteiger partial charge in [-0.15, -0.1) is 11.3 Å². The third-order valence-corrected chi connectivity index (χ3v) is 5.84. The van der Waals surface area contributed by atoms with Crippen LogP contribution in [-0.2, 0) is 22.4 Å². The number of methoxy groups -OCH3 is 1. The summed E-state index contributed by atoms with van der Waals surface area (Å²) in [4.78, 5) is 27.9. The number of thiophene rings is 1. The fourth-order valence-electron chi connectivity index (χ4n) is 3.47. The predicted octanol–water partition coefficient (Wildman–Crippen LogP) is 2.84. The van der Waals surface area contributed by atoms with Gasteiger partial charge in [-0.05, 0) is 50.8 Å². The molecule has 1 aliphatic carbocycles. The Morgan fingerprint density at radius 2 is 1.87 bits per heavy atom. The molecular formula is C17H24N2O3S. The minimum atomic E-state index is -0.338. The molecule has 1 saturated heterocycles. The van der Waals surface area contributed by atoms with Crippen LogP contribution in [0, 0.1) is 0 Å². The second kappa shape index (κ2) is 7.45. The largest absolute Gasteiger partial charge is 0.465 e. The summed E-state index contributed by atoms with van der Waals surface area (Å²) in [7, 11) is 1.39. The molecule has 3 rings (SSSR count). The summed E-state index contributed by atoms with van der Waals surface area (Å²) in [6.45, 7) is 2.37. The van der Waals surface area contributed by atoms with Crippen molar-refractivity contribution in [2.24, 2.45) is 0 Å². The Morgan fingerprint density at radius 3 is 2.57 bits per heavy atom. The van der Waals surface area contributed by atoms with Crippen molar-refractivity contribution in [1.29, 1.82) is 0 Å². The van der Waals surface area contributed by atoms with Crippen LogP contribution in [0.3, 0.4) is 0 Å². The van der Waals surface area contributed by atoms with Gasteiger partial charge in [0.1, 0.15) is 5.00 Å². The van der Waals surface area contributed by atoms with E-state index in [2.05, 4.69) is 10.2 Å². The average molecular weight is 336 g/mol. The second-order valence-electron chi connectivity index (χ2n) is 6.29. The van der Waals surface area contributed by atoms with Crippen molar-refractivity contribution in [1.82, 2.24) is 4.90 Å². The lowest BCUT2D eigenvalue weighted by Crippen LogP contribution is -2.34. The van der Waals surface area contributed by atoms with Crippen LogP contribution in [0.2, 0.25) is 0 Å². The van der Waals surface area contributed by atoms with Gasteiger partial charge in [-0.1, -0.05) is 12.8 Å². The number of amides is 1. The smallest absolute Gasteiger partial charge is 0.341 e. The molecule has 6 heteroatoms. The molecule has 1 aromatic heterocycles. The van der Waals surface area contributed by atoms with E-state index in [4.69, 9.17) is 4.74 Å². The van der Waals surface area contributed by atoms with Gasteiger partial charge in [0, 0.05) is 4.88 Å². The fraction of sp³-hybridized carbons (Fsp3) is 0.647. The van der Waals surface area contributed by atoms with Crippen LogP contribution >= 0.6 is 11.3 Å². The molecule has 1 aliphatic heterocycles. The molecule has 0 radical (unpaired) electrons. The standard InChI is InChI=1S/C17H24N2O3S/c1-22-17(21)15-12-7-6-8-13(12)23-16(15)18-14(20)11-19-9-4-2-3-5-10-19/h2-11H2,1H3,(H,18,20). The van der Waals surface area contributed by atoms with Gasteiger partial charge in [0.25, 0.3) is 0 Å². The highest BCUT2D eigenvalue weighted by Gasteiger charge is 2.28. The lowest BCUT2D eigenvalue weighted by Gasteiger charge is -2.18. The molecule has 0 bridgehead atoms. The molecule has 0 atom stereocenters. The van der Waals surface area contributed by atoms with Gasteiger partial charge >= 0.3 is 5.97 Å². The fourth-order valence-corrected chi connectivity index (χ4v) is 4.77. The third-order valence-electron chi connectivity index (χ3n) is 4.63. The molecule has 2 heterocycles. The molecule has 5 nitrogen and oxygen atoms in total. The number of anilines is 1. The van der Waals surface area contributed by atoms with E-state index in [1.54, 1.807) is 0 Å². The van der Waals surface area contributed by atoms with Crippen molar-refractivity contribution >= 4 is 28.2 Å². The second-order valence-corrected chi connectivity index (χ2v) is 7.40. The number of likely N-dealkylation sites (tertiary alicyclic amines) is 1. The molecular weight excluding hydrogens is 312 g/mol. The number of carbonyl (C=O) groups is 2. The van der Waals surface area contributed by atoms with Crippen LogP contribution in [-0.4, -0.2) is 43.5 Å². The van der Waals surface area contributed by atoms with E-state index in [9.17, 15) is 9.59 Å². The molecule has 1 fully saturated rings. The van der Waals surface area contributed by atoms with Gasteiger partial charge in [0.05, 0.1) is 19.2 Å². The Labute approximate surface area is 141 Å². The first-order valence-electron chi connectivity index (χ1n) is 8.44. The molecule has 0 spiro atoms. The first kappa shape index (κ1) is 16.5. The van der Waals surface area contributed by atoms with Crippen LogP contribution in [0.4, 0.5) is 5.00 Å². The molecule has 1 N–H and O–H groups in total. The van der Waals surface area contributed by atoms with Gasteiger partial charge in [0.15, 0.2) is 0 Å². The summed E-state index contributed by atoms with van der Waals surface area (Å²) < 4.78 is 4.91.